The summed E-state index contributed by atoms with van der Waals surface area (Å²) in [6.07, 6.45) is 6.31. The SMILES string of the molecule is CCCCCCC(C)N(CCC(=O)O)c1ccccc1C. The summed E-state index contributed by atoms with van der Waals surface area (Å²) in [5.74, 6) is -0.730. The van der Waals surface area contributed by atoms with Crippen LogP contribution in [-0.4, -0.2) is 23.7 Å². The highest BCUT2D eigenvalue weighted by Gasteiger charge is 2.16. The number of rotatable bonds is 10. The molecule has 0 radical (unpaired) electrons. The van der Waals surface area contributed by atoms with Crippen LogP contribution in [0.3, 0.4) is 0 Å². The molecule has 1 aromatic carbocycles. The predicted octanol–water partition coefficient (Wildman–Crippen LogP) is 4.64. The quantitative estimate of drug-likeness (QED) is 0.639. The van der Waals surface area contributed by atoms with Gasteiger partial charge in [0.1, 0.15) is 0 Å². The number of nitrogens with zero attached hydrogens (tertiary/aromatic N) is 1. The Labute approximate surface area is 129 Å². The summed E-state index contributed by atoms with van der Waals surface area (Å²) in [6.45, 7) is 7.10. The van der Waals surface area contributed by atoms with Gasteiger partial charge in [0.15, 0.2) is 0 Å². The zero-order valence-electron chi connectivity index (χ0n) is 13.6. The molecule has 0 aliphatic rings. The van der Waals surface area contributed by atoms with Gasteiger partial charge in [-0.1, -0.05) is 50.8 Å². The monoisotopic (exact) mass is 291 g/mol. The van der Waals surface area contributed by atoms with Gasteiger partial charge in [-0.05, 0) is 31.9 Å². The largest absolute Gasteiger partial charge is 0.481 e. The van der Waals surface area contributed by atoms with E-state index in [4.69, 9.17) is 5.11 Å². The Morgan fingerprint density at radius 2 is 1.95 bits per heavy atom. The maximum Gasteiger partial charge on any atom is 0.305 e. The van der Waals surface area contributed by atoms with Crippen molar-refractivity contribution in [2.24, 2.45) is 0 Å². The van der Waals surface area contributed by atoms with Gasteiger partial charge in [-0.3, -0.25) is 4.79 Å². The number of para-hydroxylation sites is 1. The normalized spacial score (nSPS) is 12.1. The summed E-state index contributed by atoms with van der Waals surface area (Å²) in [5.41, 5.74) is 2.38. The first kappa shape index (κ1) is 17.5. The van der Waals surface area contributed by atoms with Crippen molar-refractivity contribution in [1.29, 1.82) is 0 Å². The number of aliphatic carboxylic acids is 1. The van der Waals surface area contributed by atoms with Crippen LogP contribution in [-0.2, 0) is 4.79 Å². The van der Waals surface area contributed by atoms with E-state index < -0.39 is 5.97 Å². The molecule has 1 unspecified atom stereocenters. The minimum atomic E-state index is -0.730. The Kier molecular flexibility index (Phi) is 7.88. The van der Waals surface area contributed by atoms with Gasteiger partial charge in [0, 0.05) is 18.3 Å². The van der Waals surface area contributed by atoms with Crippen molar-refractivity contribution in [3.63, 3.8) is 0 Å². The van der Waals surface area contributed by atoms with Crippen molar-refractivity contribution in [3.05, 3.63) is 29.8 Å². The number of unbranched alkanes of at least 4 members (excludes halogenated alkanes) is 3. The topological polar surface area (TPSA) is 40.5 Å². The van der Waals surface area contributed by atoms with E-state index >= 15 is 0 Å². The van der Waals surface area contributed by atoms with Gasteiger partial charge < -0.3 is 10.0 Å². The molecule has 3 heteroatoms. The van der Waals surface area contributed by atoms with Crippen molar-refractivity contribution >= 4 is 11.7 Å². The number of hydrogen-bond acceptors (Lipinski definition) is 2. The molecule has 0 saturated heterocycles. The maximum absolute atomic E-state index is 10.9. The first-order chi connectivity index (χ1) is 10.1. The fourth-order valence-corrected chi connectivity index (χ4v) is 2.70. The minimum absolute atomic E-state index is 0.188. The van der Waals surface area contributed by atoms with Crippen molar-refractivity contribution < 1.29 is 9.90 Å². The van der Waals surface area contributed by atoms with Gasteiger partial charge in [0.2, 0.25) is 0 Å². The van der Waals surface area contributed by atoms with Crippen molar-refractivity contribution in [2.75, 3.05) is 11.4 Å². The van der Waals surface area contributed by atoms with Crippen LogP contribution in [0.15, 0.2) is 24.3 Å². The molecule has 0 amide bonds. The molecule has 0 aliphatic carbocycles. The zero-order chi connectivity index (χ0) is 15.7. The fourth-order valence-electron chi connectivity index (χ4n) is 2.70. The average Bonchev–Trinajstić information content (AvgIpc) is 2.45. The van der Waals surface area contributed by atoms with Crippen LogP contribution in [0.2, 0.25) is 0 Å². The molecular weight excluding hydrogens is 262 g/mol. The molecule has 1 N–H and O–H groups in total. The Balaban J connectivity index is 2.72. The highest BCUT2D eigenvalue weighted by Crippen LogP contribution is 2.24. The third-order valence-electron chi connectivity index (χ3n) is 4.00. The average molecular weight is 291 g/mol. The van der Waals surface area contributed by atoms with Crippen molar-refractivity contribution in [2.45, 2.75) is 65.3 Å². The van der Waals surface area contributed by atoms with Crippen LogP contribution >= 0.6 is 0 Å². The molecular formula is C18H29NO2. The van der Waals surface area contributed by atoms with E-state index in [1.807, 2.05) is 12.1 Å². The number of hydrogen-bond donors (Lipinski definition) is 1. The Bertz CT molecular complexity index is 431. The van der Waals surface area contributed by atoms with Crippen LogP contribution < -0.4 is 4.90 Å². The van der Waals surface area contributed by atoms with Crippen LogP contribution in [0.1, 0.15) is 57.9 Å². The van der Waals surface area contributed by atoms with Crippen LogP contribution in [0.25, 0.3) is 0 Å². The molecule has 3 nitrogen and oxygen atoms in total. The second-order valence-corrected chi connectivity index (χ2v) is 5.82. The number of anilines is 1. The summed E-state index contributed by atoms with van der Waals surface area (Å²) < 4.78 is 0. The molecule has 1 rings (SSSR count). The summed E-state index contributed by atoms with van der Waals surface area (Å²) in [6, 6.07) is 8.62. The lowest BCUT2D eigenvalue weighted by atomic mass is 10.0. The van der Waals surface area contributed by atoms with E-state index in [1.165, 1.54) is 36.9 Å². The molecule has 21 heavy (non-hydrogen) atoms. The second kappa shape index (κ2) is 9.43. The molecule has 0 saturated carbocycles. The van der Waals surface area contributed by atoms with Crippen LogP contribution in [0, 0.1) is 6.92 Å². The summed E-state index contributed by atoms with van der Waals surface area (Å²) in [7, 11) is 0. The van der Waals surface area contributed by atoms with Crippen LogP contribution in [0.5, 0.6) is 0 Å². The molecule has 118 valence electrons. The van der Waals surface area contributed by atoms with E-state index in [0.29, 0.717) is 12.6 Å². The first-order valence-electron chi connectivity index (χ1n) is 8.10. The van der Waals surface area contributed by atoms with Gasteiger partial charge >= 0.3 is 5.97 Å². The van der Waals surface area contributed by atoms with Crippen molar-refractivity contribution in [1.82, 2.24) is 0 Å². The fraction of sp³-hybridized carbons (Fsp3) is 0.611. The Morgan fingerprint density at radius 3 is 2.57 bits per heavy atom. The molecule has 0 aromatic heterocycles. The lowest BCUT2D eigenvalue weighted by Gasteiger charge is -2.32. The molecule has 0 aliphatic heterocycles. The summed E-state index contributed by atoms with van der Waals surface area (Å²) in [4.78, 5) is 13.2. The van der Waals surface area contributed by atoms with Gasteiger partial charge in [0.05, 0.1) is 6.42 Å². The van der Waals surface area contributed by atoms with Gasteiger partial charge in [0.25, 0.3) is 0 Å². The van der Waals surface area contributed by atoms with E-state index in [2.05, 4.69) is 37.8 Å². The van der Waals surface area contributed by atoms with E-state index in [1.54, 1.807) is 0 Å². The van der Waals surface area contributed by atoms with Gasteiger partial charge in [-0.2, -0.15) is 0 Å². The Morgan fingerprint density at radius 1 is 1.24 bits per heavy atom. The third kappa shape index (κ3) is 6.19. The van der Waals surface area contributed by atoms with Crippen LogP contribution in [0.4, 0.5) is 5.69 Å². The molecule has 0 fully saturated rings. The van der Waals surface area contributed by atoms with Gasteiger partial charge in [-0.15, -0.1) is 0 Å². The number of carboxylic acid groups (broad SMARTS) is 1. The van der Waals surface area contributed by atoms with E-state index in [-0.39, 0.29) is 6.42 Å². The number of carbonyl (C=O) groups is 1. The molecule has 0 heterocycles. The molecule has 1 aromatic rings. The molecule has 0 bridgehead atoms. The minimum Gasteiger partial charge on any atom is -0.481 e. The van der Waals surface area contributed by atoms with Gasteiger partial charge in [-0.25, -0.2) is 0 Å². The van der Waals surface area contributed by atoms with E-state index in [0.717, 1.165) is 6.42 Å². The summed E-state index contributed by atoms with van der Waals surface area (Å²) in [5, 5.41) is 8.98. The molecule has 1 atom stereocenters. The number of aryl methyl sites for hydroxylation is 1. The van der Waals surface area contributed by atoms with Crippen molar-refractivity contribution in [3.8, 4) is 0 Å². The Hall–Kier alpha value is -1.51. The maximum atomic E-state index is 10.9. The molecule has 0 spiro atoms. The number of benzene rings is 1. The lowest BCUT2D eigenvalue weighted by Crippen LogP contribution is -2.35. The second-order valence-electron chi connectivity index (χ2n) is 5.82. The lowest BCUT2D eigenvalue weighted by molar-refractivity contribution is -0.136. The summed E-state index contributed by atoms with van der Waals surface area (Å²) >= 11 is 0. The standard InChI is InChI=1S/C18H29NO2/c1-4-5-6-7-11-16(3)19(14-13-18(20)21)17-12-9-8-10-15(17)2/h8-10,12,16H,4-7,11,13-14H2,1-3H3,(H,20,21). The first-order valence-corrected chi connectivity index (χ1v) is 8.10. The van der Waals surface area contributed by atoms with E-state index in [9.17, 15) is 4.79 Å². The highest BCUT2D eigenvalue weighted by atomic mass is 16.4. The smallest absolute Gasteiger partial charge is 0.305 e. The predicted molar refractivity (Wildman–Crippen MR) is 89.0 cm³/mol. The highest BCUT2D eigenvalue weighted by molar-refractivity contribution is 5.68. The third-order valence-corrected chi connectivity index (χ3v) is 4.00. The zero-order valence-corrected chi connectivity index (χ0v) is 13.6. The number of carboxylic acids is 1.